The SMILES string of the molecule is CCCNCC1CCN(c2ccc(Br)cc2F)C1. The van der Waals surface area contributed by atoms with Crippen molar-refractivity contribution in [1.29, 1.82) is 0 Å². The van der Waals surface area contributed by atoms with Gasteiger partial charge in [-0.05, 0) is 50.0 Å². The molecule has 0 amide bonds. The molecule has 18 heavy (non-hydrogen) atoms. The van der Waals surface area contributed by atoms with Gasteiger partial charge in [0.2, 0.25) is 0 Å². The van der Waals surface area contributed by atoms with Crippen molar-refractivity contribution in [2.24, 2.45) is 5.92 Å². The minimum atomic E-state index is -0.133. The van der Waals surface area contributed by atoms with Gasteiger partial charge in [-0.2, -0.15) is 0 Å². The zero-order valence-corrected chi connectivity index (χ0v) is 12.3. The molecule has 1 aromatic carbocycles. The molecule has 1 atom stereocenters. The Balaban J connectivity index is 1.91. The Kier molecular flexibility index (Phi) is 5.01. The monoisotopic (exact) mass is 314 g/mol. The van der Waals surface area contributed by atoms with Gasteiger partial charge in [0.05, 0.1) is 5.69 Å². The Bertz CT molecular complexity index is 397. The summed E-state index contributed by atoms with van der Waals surface area (Å²) in [5.41, 5.74) is 0.733. The van der Waals surface area contributed by atoms with Gasteiger partial charge < -0.3 is 10.2 Å². The van der Waals surface area contributed by atoms with Crippen LogP contribution >= 0.6 is 15.9 Å². The fraction of sp³-hybridized carbons (Fsp3) is 0.571. The molecule has 2 nitrogen and oxygen atoms in total. The Morgan fingerprint density at radius 3 is 3.06 bits per heavy atom. The molecule has 0 bridgehead atoms. The first kappa shape index (κ1) is 13.8. The number of hydrogen-bond acceptors (Lipinski definition) is 2. The van der Waals surface area contributed by atoms with Crippen molar-refractivity contribution in [1.82, 2.24) is 5.32 Å². The maximum absolute atomic E-state index is 13.8. The van der Waals surface area contributed by atoms with Crippen LogP contribution in [0.2, 0.25) is 0 Å². The topological polar surface area (TPSA) is 15.3 Å². The molecule has 0 aliphatic carbocycles. The van der Waals surface area contributed by atoms with E-state index < -0.39 is 0 Å². The summed E-state index contributed by atoms with van der Waals surface area (Å²) in [5.74, 6) is 0.506. The van der Waals surface area contributed by atoms with Crippen molar-refractivity contribution in [2.75, 3.05) is 31.1 Å². The largest absolute Gasteiger partial charge is 0.369 e. The predicted molar refractivity (Wildman–Crippen MR) is 77.6 cm³/mol. The quantitative estimate of drug-likeness (QED) is 0.838. The lowest BCUT2D eigenvalue weighted by molar-refractivity contribution is 0.515. The fourth-order valence-corrected chi connectivity index (χ4v) is 2.77. The first-order valence-electron chi connectivity index (χ1n) is 6.61. The Morgan fingerprint density at radius 2 is 2.33 bits per heavy atom. The van der Waals surface area contributed by atoms with Crippen LogP contribution in [0.1, 0.15) is 19.8 Å². The molecule has 100 valence electrons. The van der Waals surface area contributed by atoms with Crippen molar-refractivity contribution < 1.29 is 4.39 Å². The summed E-state index contributed by atoms with van der Waals surface area (Å²) in [7, 11) is 0. The summed E-state index contributed by atoms with van der Waals surface area (Å²) >= 11 is 3.29. The highest BCUT2D eigenvalue weighted by atomic mass is 79.9. The summed E-state index contributed by atoms with van der Waals surface area (Å²) in [6.07, 6.45) is 2.31. The van der Waals surface area contributed by atoms with Gasteiger partial charge in [-0.3, -0.25) is 0 Å². The van der Waals surface area contributed by atoms with Gasteiger partial charge in [-0.15, -0.1) is 0 Å². The molecule has 1 aliphatic heterocycles. The molecule has 1 heterocycles. The van der Waals surface area contributed by atoms with E-state index in [4.69, 9.17) is 0 Å². The van der Waals surface area contributed by atoms with Crippen LogP contribution in [0.3, 0.4) is 0 Å². The number of halogens is 2. The Hall–Kier alpha value is -0.610. The molecular weight excluding hydrogens is 295 g/mol. The molecule has 1 N–H and O–H groups in total. The second-order valence-corrected chi connectivity index (χ2v) is 5.82. The lowest BCUT2D eigenvalue weighted by atomic mass is 10.1. The molecule has 0 aromatic heterocycles. The summed E-state index contributed by atoms with van der Waals surface area (Å²) in [6.45, 7) is 6.20. The van der Waals surface area contributed by atoms with Gasteiger partial charge in [-0.25, -0.2) is 4.39 Å². The zero-order chi connectivity index (χ0) is 13.0. The van der Waals surface area contributed by atoms with Crippen molar-refractivity contribution in [3.63, 3.8) is 0 Å². The van der Waals surface area contributed by atoms with E-state index in [1.165, 1.54) is 6.07 Å². The van der Waals surface area contributed by atoms with Crippen molar-refractivity contribution >= 4 is 21.6 Å². The van der Waals surface area contributed by atoms with E-state index in [-0.39, 0.29) is 5.82 Å². The van der Waals surface area contributed by atoms with Gasteiger partial charge in [0.1, 0.15) is 5.82 Å². The molecule has 0 saturated carbocycles. The van der Waals surface area contributed by atoms with Crippen LogP contribution in [0.25, 0.3) is 0 Å². The van der Waals surface area contributed by atoms with Crippen LogP contribution in [0.5, 0.6) is 0 Å². The van der Waals surface area contributed by atoms with Gasteiger partial charge >= 0.3 is 0 Å². The normalized spacial score (nSPS) is 19.5. The van der Waals surface area contributed by atoms with E-state index in [0.717, 1.165) is 49.2 Å². The first-order valence-corrected chi connectivity index (χ1v) is 7.40. The van der Waals surface area contributed by atoms with E-state index in [9.17, 15) is 4.39 Å². The van der Waals surface area contributed by atoms with Gasteiger partial charge in [0, 0.05) is 17.6 Å². The van der Waals surface area contributed by atoms with Crippen LogP contribution in [0.4, 0.5) is 10.1 Å². The van der Waals surface area contributed by atoms with Gasteiger partial charge in [-0.1, -0.05) is 22.9 Å². The number of rotatable bonds is 5. The second-order valence-electron chi connectivity index (χ2n) is 4.90. The third kappa shape index (κ3) is 3.45. The van der Waals surface area contributed by atoms with E-state index in [0.29, 0.717) is 5.92 Å². The minimum Gasteiger partial charge on any atom is -0.369 e. The molecule has 0 radical (unpaired) electrons. The first-order chi connectivity index (χ1) is 8.70. The lowest BCUT2D eigenvalue weighted by Crippen LogP contribution is -2.27. The average molecular weight is 315 g/mol. The van der Waals surface area contributed by atoms with E-state index in [2.05, 4.69) is 33.1 Å². The predicted octanol–water partition coefficient (Wildman–Crippen LogP) is 3.41. The fourth-order valence-electron chi connectivity index (χ4n) is 2.44. The van der Waals surface area contributed by atoms with Gasteiger partial charge in [0.25, 0.3) is 0 Å². The number of anilines is 1. The highest BCUT2D eigenvalue weighted by Gasteiger charge is 2.24. The lowest BCUT2D eigenvalue weighted by Gasteiger charge is -2.19. The molecule has 2 rings (SSSR count). The summed E-state index contributed by atoms with van der Waals surface area (Å²) in [6, 6.07) is 5.31. The molecule has 4 heteroatoms. The average Bonchev–Trinajstić information content (AvgIpc) is 2.78. The van der Waals surface area contributed by atoms with Crippen molar-refractivity contribution in [3.8, 4) is 0 Å². The summed E-state index contributed by atoms with van der Waals surface area (Å²) < 4.78 is 14.6. The highest BCUT2D eigenvalue weighted by Crippen LogP contribution is 2.28. The Morgan fingerprint density at radius 1 is 1.50 bits per heavy atom. The smallest absolute Gasteiger partial charge is 0.147 e. The van der Waals surface area contributed by atoms with E-state index >= 15 is 0 Å². The third-order valence-corrected chi connectivity index (χ3v) is 3.89. The minimum absolute atomic E-state index is 0.133. The molecular formula is C14H20BrFN2. The number of hydrogen-bond donors (Lipinski definition) is 1. The third-order valence-electron chi connectivity index (χ3n) is 3.40. The van der Waals surface area contributed by atoms with Crippen LogP contribution in [-0.4, -0.2) is 26.2 Å². The Labute approximate surface area is 117 Å². The van der Waals surface area contributed by atoms with Crippen molar-refractivity contribution in [3.05, 3.63) is 28.5 Å². The van der Waals surface area contributed by atoms with Gasteiger partial charge in [0.15, 0.2) is 0 Å². The van der Waals surface area contributed by atoms with E-state index in [1.807, 2.05) is 12.1 Å². The molecule has 1 fully saturated rings. The van der Waals surface area contributed by atoms with Crippen LogP contribution in [0.15, 0.2) is 22.7 Å². The van der Waals surface area contributed by atoms with Crippen LogP contribution < -0.4 is 10.2 Å². The second kappa shape index (κ2) is 6.53. The highest BCUT2D eigenvalue weighted by molar-refractivity contribution is 9.10. The van der Waals surface area contributed by atoms with Crippen molar-refractivity contribution in [2.45, 2.75) is 19.8 Å². The van der Waals surface area contributed by atoms with Crippen LogP contribution in [0, 0.1) is 11.7 Å². The number of benzene rings is 1. The summed E-state index contributed by atoms with van der Waals surface area (Å²) in [4.78, 5) is 2.15. The number of nitrogens with one attached hydrogen (secondary N) is 1. The zero-order valence-electron chi connectivity index (χ0n) is 10.8. The van der Waals surface area contributed by atoms with E-state index in [1.54, 1.807) is 0 Å². The maximum Gasteiger partial charge on any atom is 0.147 e. The molecule has 1 aliphatic rings. The molecule has 1 unspecified atom stereocenters. The van der Waals surface area contributed by atoms with Crippen LogP contribution in [-0.2, 0) is 0 Å². The number of nitrogens with zero attached hydrogens (tertiary/aromatic N) is 1. The standard InChI is InChI=1S/C14H20BrFN2/c1-2-6-17-9-11-5-7-18(10-11)14-4-3-12(15)8-13(14)16/h3-4,8,11,17H,2,5-7,9-10H2,1H3. The maximum atomic E-state index is 13.8. The molecule has 1 aromatic rings. The molecule has 0 spiro atoms. The molecule has 1 saturated heterocycles. The summed E-state index contributed by atoms with van der Waals surface area (Å²) in [5, 5.41) is 3.44.